The van der Waals surface area contributed by atoms with Gasteiger partial charge in [0.25, 0.3) is 0 Å². The molecule has 25 heavy (non-hydrogen) atoms. The van der Waals surface area contributed by atoms with Crippen LogP contribution in [0.15, 0.2) is 22.9 Å². The van der Waals surface area contributed by atoms with E-state index in [9.17, 15) is 0 Å². The lowest BCUT2D eigenvalue weighted by molar-refractivity contribution is 0.112. The van der Waals surface area contributed by atoms with E-state index >= 15 is 0 Å². The van der Waals surface area contributed by atoms with Crippen LogP contribution in [0.2, 0.25) is 0 Å². The van der Waals surface area contributed by atoms with Crippen molar-refractivity contribution in [3.05, 3.63) is 35.6 Å². The fourth-order valence-corrected chi connectivity index (χ4v) is 2.94. The molecule has 3 heterocycles. The first kappa shape index (κ1) is 17.8. The summed E-state index contributed by atoms with van der Waals surface area (Å²) >= 11 is 0. The van der Waals surface area contributed by atoms with Gasteiger partial charge < -0.3 is 9.42 Å². The Bertz CT molecular complexity index is 660. The summed E-state index contributed by atoms with van der Waals surface area (Å²) in [4.78, 5) is 15.9. The topological polar surface area (TPSA) is 61.5 Å². The third-order valence-corrected chi connectivity index (χ3v) is 4.74. The van der Waals surface area contributed by atoms with Crippen LogP contribution in [0.25, 0.3) is 0 Å². The van der Waals surface area contributed by atoms with Gasteiger partial charge in [0, 0.05) is 52.0 Å². The van der Waals surface area contributed by atoms with Crippen molar-refractivity contribution in [2.45, 2.75) is 39.9 Å². The summed E-state index contributed by atoms with van der Waals surface area (Å²) in [5.41, 5.74) is 1.27. The van der Waals surface area contributed by atoms with Crippen molar-refractivity contribution in [3.8, 4) is 0 Å². The van der Waals surface area contributed by atoms with E-state index in [0.717, 1.165) is 45.1 Å². The highest BCUT2D eigenvalue weighted by Gasteiger charge is 2.19. The first-order chi connectivity index (χ1) is 12.0. The van der Waals surface area contributed by atoms with Gasteiger partial charge in [-0.15, -0.1) is 0 Å². The van der Waals surface area contributed by atoms with Crippen molar-refractivity contribution in [2.75, 3.05) is 38.1 Å². The van der Waals surface area contributed by atoms with Crippen molar-refractivity contribution in [1.82, 2.24) is 24.9 Å². The second-order valence-electron chi connectivity index (χ2n) is 7.02. The summed E-state index contributed by atoms with van der Waals surface area (Å²) in [6.45, 7) is 12.0. The molecule has 1 saturated heterocycles. The molecule has 0 N–H and O–H groups in total. The van der Waals surface area contributed by atoms with Gasteiger partial charge in [0.2, 0.25) is 5.89 Å². The molecule has 7 heteroatoms. The van der Waals surface area contributed by atoms with Crippen LogP contribution in [-0.2, 0) is 13.1 Å². The molecule has 1 aliphatic heterocycles. The van der Waals surface area contributed by atoms with Crippen molar-refractivity contribution < 1.29 is 4.52 Å². The van der Waals surface area contributed by atoms with E-state index in [4.69, 9.17) is 4.52 Å². The lowest BCUT2D eigenvalue weighted by Crippen LogP contribution is -2.45. The van der Waals surface area contributed by atoms with Crippen molar-refractivity contribution in [1.29, 1.82) is 0 Å². The molecule has 0 spiro atoms. The van der Waals surface area contributed by atoms with Gasteiger partial charge in [-0.05, 0) is 32.4 Å². The van der Waals surface area contributed by atoms with Gasteiger partial charge in [0.1, 0.15) is 5.82 Å². The van der Waals surface area contributed by atoms with E-state index in [1.165, 1.54) is 5.56 Å². The average Bonchev–Trinajstić information content (AvgIpc) is 3.01. The molecule has 1 aliphatic rings. The number of nitrogens with zero attached hydrogens (tertiary/aromatic N) is 6. The molecule has 0 saturated carbocycles. The molecule has 0 bridgehead atoms. The maximum absolute atomic E-state index is 5.21. The Hall–Kier alpha value is -1.99. The largest absolute Gasteiger partial charge is 0.357 e. The molecular weight excluding hydrogens is 316 g/mol. The van der Waals surface area contributed by atoms with Crippen molar-refractivity contribution in [3.63, 3.8) is 0 Å². The standard InChI is InChI=1S/C18H28N6O/c1-14(2)22(4)17-6-5-16(11-19-17)12-23-7-9-24(10-8-23)13-18-20-15(3)21-25-18/h5-6,11,14H,7-10,12-13H2,1-4H3. The van der Waals surface area contributed by atoms with Crippen LogP contribution < -0.4 is 4.90 Å². The second kappa shape index (κ2) is 7.93. The van der Waals surface area contributed by atoms with Gasteiger partial charge >= 0.3 is 0 Å². The molecule has 0 atom stereocenters. The zero-order chi connectivity index (χ0) is 17.8. The summed E-state index contributed by atoms with van der Waals surface area (Å²) in [5.74, 6) is 2.44. The number of pyridine rings is 1. The Morgan fingerprint density at radius 3 is 2.32 bits per heavy atom. The predicted molar refractivity (Wildman–Crippen MR) is 97.4 cm³/mol. The summed E-state index contributed by atoms with van der Waals surface area (Å²) in [6, 6.07) is 4.76. The number of anilines is 1. The summed E-state index contributed by atoms with van der Waals surface area (Å²) in [7, 11) is 2.08. The fourth-order valence-electron chi connectivity index (χ4n) is 2.94. The van der Waals surface area contributed by atoms with Crippen LogP contribution in [0.3, 0.4) is 0 Å². The van der Waals surface area contributed by atoms with Crippen molar-refractivity contribution >= 4 is 5.82 Å². The van der Waals surface area contributed by atoms with Crippen molar-refractivity contribution in [2.24, 2.45) is 0 Å². The van der Waals surface area contributed by atoms with E-state index in [1.807, 2.05) is 13.1 Å². The molecule has 0 aliphatic carbocycles. The summed E-state index contributed by atoms with van der Waals surface area (Å²) in [5, 5.41) is 3.85. The van der Waals surface area contributed by atoms with Crippen LogP contribution in [0, 0.1) is 6.92 Å². The first-order valence-electron chi connectivity index (χ1n) is 8.93. The Morgan fingerprint density at radius 1 is 1.12 bits per heavy atom. The molecule has 3 rings (SSSR count). The number of rotatable bonds is 6. The Morgan fingerprint density at radius 2 is 1.80 bits per heavy atom. The van der Waals surface area contributed by atoms with Gasteiger partial charge in [-0.25, -0.2) is 4.98 Å². The van der Waals surface area contributed by atoms with Crippen LogP contribution >= 0.6 is 0 Å². The highest BCUT2D eigenvalue weighted by molar-refractivity contribution is 5.39. The Labute approximate surface area is 149 Å². The Kier molecular flexibility index (Phi) is 5.65. The van der Waals surface area contributed by atoms with Crippen LogP contribution in [0.5, 0.6) is 0 Å². The zero-order valence-corrected chi connectivity index (χ0v) is 15.6. The van der Waals surface area contributed by atoms with E-state index in [2.05, 4.69) is 62.9 Å². The SMILES string of the molecule is Cc1noc(CN2CCN(Cc3ccc(N(C)C(C)C)nc3)CC2)n1. The number of hydrogen-bond acceptors (Lipinski definition) is 7. The third kappa shape index (κ3) is 4.76. The van der Waals surface area contributed by atoms with Gasteiger partial charge in [0.05, 0.1) is 6.54 Å². The second-order valence-corrected chi connectivity index (χ2v) is 7.02. The first-order valence-corrected chi connectivity index (χ1v) is 8.93. The van der Waals surface area contributed by atoms with E-state index in [-0.39, 0.29) is 0 Å². The predicted octanol–water partition coefficient (Wildman–Crippen LogP) is 1.94. The number of aromatic nitrogens is 3. The average molecular weight is 344 g/mol. The molecule has 0 amide bonds. The monoisotopic (exact) mass is 344 g/mol. The number of hydrogen-bond donors (Lipinski definition) is 0. The molecule has 2 aromatic rings. The van der Waals surface area contributed by atoms with Crippen LogP contribution in [0.1, 0.15) is 31.1 Å². The Balaban J connectivity index is 1.47. The molecule has 7 nitrogen and oxygen atoms in total. The van der Waals surface area contributed by atoms with Crippen LogP contribution in [0.4, 0.5) is 5.82 Å². The maximum atomic E-state index is 5.21. The van der Waals surface area contributed by atoms with Gasteiger partial charge in [-0.3, -0.25) is 9.80 Å². The molecule has 1 fully saturated rings. The molecule has 0 radical (unpaired) electrons. The minimum Gasteiger partial charge on any atom is -0.357 e. The van der Waals surface area contributed by atoms with Gasteiger partial charge in [0.15, 0.2) is 5.82 Å². The number of aryl methyl sites for hydroxylation is 1. The van der Waals surface area contributed by atoms with Crippen LogP contribution in [-0.4, -0.2) is 64.2 Å². The van der Waals surface area contributed by atoms with E-state index in [1.54, 1.807) is 0 Å². The maximum Gasteiger partial charge on any atom is 0.240 e. The van der Waals surface area contributed by atoms with E-state index in [0.29, 0.717) is 17.8 Å². The van der Waals surface area contributed by atoms with Gasteiger partial charge in [-0.1, -0.05) is 11.2 Å². The van der Waals surface area contributed by atoms with E-state index < -0.39 is 0 Å². The third-order valence-electron chi connectivity index (χ3n) is 4.74. The molecule has 0 aromatic carbocycles. The lowest BCUT2D eigenvalue weighted by atomic mass is 10.2. The minimum atomic E-state index is 0.453. The number of piperazine rings is 1. The normalized spacial score (nSPS) is 16.5. The highest BCUT2D eigenvalue weighted by atomic mass is 16.5. The molecule has 2 aromatic heterocycles. The highest BCUT2D eigenvalue weighted by Crippen LogP contribution is 2.15. The zero-order valence-electron chi connectivity index (χ0n) is 15.6. The summed E-state index contributed by atoms with van der Waals surface area (Å²) < 4.78 is 5.21. The molecular formula is C18H28N6O. The molecule has 0 unspecified atom stereocenters. The smallest absolute Gasteiger partial charge is 0.240 e. The fraction of sp³-hybridized carbons (Fsp3) is 0.611. The summed E-state index contributed by atoms with van der Waals surface area (Å²) in [6.07, 6.45) is 2.00. The minimum absolute atomic E-state index is 0.453. The molecule has 136 valence electrons. The lowest BCUT2D eigenvalue weighted by Gasteiger charge is -2.33. The quantitative estimate of drug-likeness (QED) is 0.793. The van der Waals surface area contributed by atoms with Gasteiger partial charge in [-0.2, -0.15) is 4.98 Å².